The average molecular weight is 308 g/mol. The van der Waals surface area contributed by atoms with Crippen LogP contribution in [0.5, 0.6) is 0 Å². The molecule has 2 heterocycles. The number of hydrogen-bond donors (Lipinski definition) is 0. The molecule has 1 aliphatic carbocycles. The van der Waals surface area contributed by atoms with Crippen LogP contribution in [0.3, 0.4) is 0 Å². The van der Waals surface area contributed by atoms with Crippen molar-refractivity contribution in [3.8, 4) is 0 Å². The third kappa shape index (κ3) is 3.07. The number of ether oxygens (including phenoxy) is 2. The van der Waals surface area contributed by atoms with Gasteiger partial charge in [-0.2, -0.15) is 0 Å². The molecule has 1 spiro atoms. The molecule has 0 bridgehead atoms. The Bertz CT molecular complexity index is 483. The molecule has 5 heteroatoms. The summed E-state index contributed by atoms with van der Waals surface area (Å²) in [4.78, 5) is 2.50. The van der Waals surface area contributed by atoms with E-state index in [0.717, 1.165) is 57.3 Å². The highest BCUT2D eigenvalue weighted by atomic mass is 16.5. The van der Waals surface area contributed by atoms with Crippen LogP contribution in [0.4, 0.5) is 0 Å². The van der Waals surface area contributed by atoms with Crippen LogP contribution in [0.25, 0.3) is 0 Å². The van der Waals surface area contributed by atoms with Crippen LogP contribution in [0.15, 0.2) is 4.52 Å². The fraction of sp³-hybridized carbons (Fsp3) is 0.824. The molecule has 0 radical (unpaired) electrons. The largest absolute Gasteiger partial charge is 0.381 e. The summed E-state index contributed by atoms with van der Waals surface area (Å²) >= 11 is 0. The van der Waals surface area contributed by atoms with Crippen molar-refractivity contribution in [3.63, 3.8) is 0 Å². The smallest absolute Gasteiger partial charge is 0.138 e. The lowest BCUT2D eigenvalue weighted by Crippen LogP contribution is -2.54. The summed E-state index contributed by atoms with van der Waals surface area (Å²) in [5, 5.41) is 4.07. The quantitative estimate of drug-likeness (QED) is 0.837. The molecule has 2 aliphatic rings. The summed E-state index contributed by atoms with van der Waals surface area (Å²) in [6.07, 6.45) is 3.62. The monoisotopic (exact) mass is 308 g/mol. The number of nitrogens with zero attached hydrogens (tertiary/aromatic N) is 2. The number of hydrogen-bond acceptors (Lipinski definition) is 5. The minimum atomic E-state index is -0.00755. The van der Waals surface area contributed by atoms with Crippen molar-refractivity contribution in [1.29, 1.82) is 0 Å². The molecule has 22 heavy (non-hydrogen) atoms. The molecule has 0 amide bonds. The number of aromatic nitrogens is 1. The van der Waals surface area contributed by atoms with E-state index in [-0.39, 0.29) is 5.60 Å². The van der Waals surface area contributed by atoms with Gasteiger partial charge < -0.3 is 14.0 Å². The van der Waals surface area contributed by atoms with Crippen LogP contribution >= 0.6 is 0 Å². The summed E-state index contributed by atoms with van der Waals surface area (Å²) in [6.45, 7) is 11.4. The van der Waals surface area contributed by atoms with Crippen molar-refractivity contribution < 1.29 is 14.0 Å². The molecule has 3 rings (SSSR count). The van der Waals surface area contributed by atoms with Gasteiger partial charge in [0.25, 0.3) is 0 Å². The van der Waals surface area contributed by atoms with Gasteiger partial charge in [-0.15, -0.1) is 0 Å². The fourth-order valence-corrected chi connectivity index (χ4v) is 3.98. The highest BCUT2D eigenvalue weighted by Gasteiger charge is 2.47. The Morgan fingerprint density at radius 3 is 3.00 bits per heavy atom. The maximum Gasteiger partial charge on any atom is 0.138 e. The number of rotatable bonds is 5. The molecule has 2 atom stereocenters. The average Bonchev–Trinajstić information content (AvgIpc) is 3.03. The van der Waals surface area contributed by atoms with E-state index < -0.39 is 0 Å². The van der Waals surface area contributed by atoms with Gasteiger partial charge in [0.05, 0.1) is 24.5 Å². The van der Waals surface area contributed by atoms with Crippen molar-refractivity contribution in [2.24, 2.45) is 5.92 Å². The van der Waals surface area contributed by atoms with Gasteiger partial charge in [0.1, 0.15) is 5.76 Å². The predicted octanol–water partition coefficient (Wildman–Crippen LogP) is 2.70. The third-order valence-corrected chi connectivity index (χ3v) is 5.27. The van der Waals surface area contributed by atoms with E-state index in [2.05, 4.69) is 17.0 Å². The van der Waals surface area contributed by atoms with Crippen LogP contribution in [0.2, 0.25) is 0 Å². The maximum atomic E-state index is 6.29. The van der Waals surface area contributed by atoms with Crippen molar-refractivity contribution in [2.75, 3.05) is 32.9 Å². The third-order valence-electron chi connectivity index (χ3n) is 5.27. The standard InChI is InChI=1S/C17H28N2O3/c1-4-20-11-15-6-5-7-17(15)12-19(8-9-21-17)10-16-13(2)18-22-14(16)3/h15H,4-12H2,1-3H3/t15-,17+/m0/s1. The molecule has 1 aliphatic heterocycles. The van der Waals surface area contributed by atoms with Gasteiger partial charge >= 0.3 is 0 Å². The molecule has 0 aromatic carbocycles. The van der Waals surface area contributed by atoms with Crippen molar-refractivity contribution in [1.82, 2.24) is 10.1 Å². The Morgan fingerprint density at radius 2 is 2.27 bits per heavy atom. The lowest BCUT2D eigenvalue weighted by molar-refractivity contribution is -0.142. The van der Waals surface area contributed by atoms with Crippen LogP contribution in [-0.2, 0) is 16.0 Å². The van der Waals surface area contributed by atoms with Crippen molar-refractivity contribution in [3.05, 3.63) is 17.0 Å². The normalized spacial score (nSPS) is 29.5. The van der Waals surface area contributed by atoms with Crippen LogP contribution in [-0.4, -0.2) is 48.6 Å². The van der Waals surface area contributed by atoms with Crippen molar-refractivity contribution in [2.45, 2.75) is 52.2 Å². The fourth-order valence-electron chi connectivity index (χ4n) is 3.98. The van der Waals surface area contributed by atoms with Gasteiger partial charge in [-0.25, -0.2) is 0 Å². The predicted molar refractivity (Wildman–Crippen MR) is 83.8 cm³/mol. The highest BCUT2D eigenvalue weighted by Crippen LogP contribution is 2.41. The van der Waals surface area contributed by atoms with Gasteiger partial charge in [-0.3, -0.25) is 4.90 Å². The molecular formula is C17H28N2O3. The zero-order valence-electron chi connectivity index (χ0n) is 14.1. The first-order valence-electron chi connectivity index (χ1n) is 8.50. The second-order valence-electron chi connectivity index (χ2n) is 6.68. The Labute approximate surface area is 132 Å². The first-order valence-corrected chi connectivity index (χ1v) is 8.50. The van der Waals surface area contributed by atoms with E-state index in [1.165, 1.54) is 18.4 Å². The Kier molecular flexibility index (Phi) is 4.85. The number of morpholine rings is 1. The molecule has 124 valence electrons. The topological polar surface area (TPSA) is 47.7 Å². The molecule has 0 N–H and O–H groups in total. The summed E-state index contributed by atoms with van der Waals surface area (Å²) in [5.41, 5.74) is 2.23. The van der Waals surface area contributed by atoms with Crippen LogP contribution in [0, 0.1) is 19.8 Å². The van der Waals surface area contributed by atoms with Gasteiger partial charge in [0.2, 0.25) is 0 Å². The summed E-state index contributed by atoms with van der Waals surface area (Å²) < 4.78 is 17.3. The van der Waals surface area contributed by atoms with Crippen LogP contribution in [0.1, 0.15) is 43.2 Å². The minimum absolute atomic E-state index is 0.00755. The highest BCUT2D eigenvalue weighted by molar-refractivity contribution is 5.20. The Hall–Kier alpha value is -0.910. The van der Waals surface area contributed by atoms with E-state index in [0.29, 0.717) is 5.92 Å². The van der Waals surface area contributed by atoms with E-state index in [1.807, 2.05) is 13.8 Å². The summed E-state index contributed by atoms with van der Waals surface area (Å²) in [5.74, 6) is 1.47. The minimum Gasteiger partial charge on any atom is -0.381 e. The molecular weight excluding hydrogens is 280 g/mol. The zero-order valence-corrected chi connectivity index (χ0v) is 14.1. The SMILES string of the molecule is CCOC[C@@H]1CCC[C@@]12CN(Cc1c(C)noc1C)CCO2. The van der Waals surface area contributed by atoms with Crippen molar-refractivity contribution >= 4 is 0 Å². The lowest BCUT2D eigenvalue weighted by Gasteiger charge is -2.44. The second-order valence-corrected chi connectivity index (χ2v) is 6.68. The maximum absolute atomic E-state index is 6.29. The zero-order chi connectivity index (χ0) is 15.6. The first-order chi connectivity index (χ1) is 10.6. The van der Waals surface area contributed by atoms with Gasteiger partial charge in [-0.1, -0.05) is 11.6 Å². The molecule has 1 saturated heterocycles. The molecule has 5 nitrogen and oxygen atoms in total. The molecule has 0 unspecified atom stereocenters. The molecule has 1 aromatic heterocycles. The summed E-state index contributed by atoms with van der Waals surface area (Å²) in [6, 6.07) is 0. The Morgan fingerprint density at radius 1 is 1.41 bits per heavy atom. The van der Waals surface area contributed by atoms with Gasteiger partial charge in [-0.05, 0) is 33.6 Å². The van der Waals surface area contributed by atoms with E-state index in [4.69, 9.17) is 14.0 Å². The second kappa shape index (κ2) is 6.69. The molecule has 1 saturated carbocycles. The van der Waals surface area contributed by atoms with Crippen LogP contribution < -0.4 is 0 Å². The molecule has 1 aromatic rings. The van der Waals surface area contributed by atoms with Gasteiger partial charge in [0, 0.05) is 37.7 Å². The number of aryl methyl sites for hydroxylation is 2. The van der Waals surface area contributed by atoms with Gasteiger partial charge in [0.15, 0.2) is 0 Å². The van der Waals surface area contributed by atoms with E-state index in [9.17, 15) is 0 Å². The van der Waals surface area contributed by atoms with E-state index in [1.54, 1.807) is 0 Å². The first kappa shape index (κ1) is 16.0. The summed E-state index contributed by atoms with van der Waals surface area (Å²) in [7, 11) is 0. The molecule has 2 fully saturated rings. The van der Waals surface area contributed by atoms with E-state index >= 15 is 0 Å². The Balaban J connectivity index is 1.68. The lowest BCUT2D eigenvalue weighted by atomic mass is 9.89.